The van der Waals surface area contributed by atoms with E-state index in [2.05, 4.69) is 37.9 Å². The number of aryl methyl sites for hydroxylation is 2. The Morgan fingerprint density at radius 3 is 2.55 bits per heavy atom. The summed E-state index contributed by atoms with van der Waals surface area (Å²) in [6, 6.07) is 28.5. The van der Waals surface area contributed by atoms with Crippen molar-refractivity contribution in [3.8, 4) is 16.9 Å². The summed E-state index contributed by atoms with van der Waals surface area (Å²) in [5.41, 5.74) is 7.48. The lowest BCUT2D eigenvalue weighted by Gasteiger charge is -2.32. The Balaban J connectivity index is 0.720. The molecule has 2 fully saturated rings. The third kappa shape index (κ3) is 10.2. The van der Waals surface area contributed by atoms with Crippen LogP contribution in [0.4, 0.5) is 16.6 Å². The van der Waals surface area contributed by atoms with Crippen LogP contribution >= 0.6 is 11.3 Å². The molecule has 2 saturated heterocycles. The number of anilines is 3. The van der Waals surface area contributed by atoms with Crippen molar-refractivity contribution >= 4 is 78.7 Å². The molecule has 6 heterocycles. The molecule has 0 aliphatic carbocycles. The first-order chi connectivity index (χ1) is 34.3. The average Bonchev–Trinajstić information content (AvgIpc) is 3.92. The van der Waals surface area contributed by atoms with E-state index in [1.165, 1.54) is 11.3 Å². The molecule has 2 atom stereocenters. The highest BCUT2D eigenvalue weighted by atomic mass is 32.1. The maximum absolute atomic E-state index is 13.6. The topological polar surface area (TPSA) is 201 Å². The highest BCUT2D eigenvalue weighted by molar-refractivity contribution is 7.22. The summed E-state index contributed by atoms with van der Waals surface area (Å²) in [5, 5.41) is 24.9. The monoisotopic (exact) mass is 973 g/mol. The molecular weight excluding hydrogens is 919 g/mol. The van der Waals surface area contributed by atoms with Crippen molar-refractivity contribution < 1.29 is 33.8 Å². The lowest BCUT2D eigenvalue weighted by Crippen LogP contribution is -2.39. The van der Waals surface area contributed by atoms with Crippen LogP contribution < -0.4 is 25.6 Å². The molecule has 3 aliphatic heterocycles. The highest BCUT2D eigenvalue weighted by Gasteiger charge is 2.32. The van der Waals surface area contributed by atoms with E-state index in [0.29, 0.717) is 83.2 Å². The Labute approximate surface area is 414 Å². The number of piperidine rings is 2. The predicted molar refractivity (Wildman–Crippen MR) is 273 cm³/mol. The number of carboxylic acid groups (broad SMARTS) is 1. The largest absolute Gasteiger partial charge is 0.493 e. The first kappa shape index (κ1) is 47.2. The zero-order valence-corrected chi connectivity index (χ0v) is 40.7. The molecule has 0 unspecified atom stereocenters. The van der Waals surface area contributed by atoms with E-state index < -0.39 is 11.9 Å². The molecule has 3 aliphatic rings. The number of benzene rings is 4. The van der Waals surface area contributed by atoms with E-state index in [-0.39, 0.29) is 48.2 Å². The van der Waals surface area contributed by atoms with Crippen molar-refractivity contribution in [1.82, 2.24) is 30.0 Å². The number of nitrogens with one attached hydrogen (secondary N) is 3. The van der Waals surface area contributed by atoms with Gasteiger partial charge in [0.25, 0.3) is 5.91 Å². The number of likely N-dealkylation sites (tertiary alicyclic amines) is 1. The van der Waals surface area contributed by atoms with Gasteiger partial charge in [0.15, 0.2) is 10.8 Å². The van der Waals surface area contributed by atoms with Gasteiger partial charge in [-0.2, -0.15) is 5.10 Å². The number of fused-ring (bicyclic) bond motifs is 3. The summed E-state index contributed by atoms with van der Waals surface area (Å²) in [5.74, 6) is -0.590. The van der Waals surface area contributed by atoms with Crippen molar-refractivity contribution in [2.45, 2.75) is 64.8 Å². The third-order valence-corrected chi connectivity index (χ3v) is 15.0. The van der Waals surface area contributed by atoms with Crippen molar-refractivity contribution in [3.63, 3.8) is 0 Å². The Bertz CT molecular complexity index is 3200. The number of nitrogens with zero attached hydrogens (tertiary/aromatic N) is 6. The van der Waals surface area contributed by atoms with Crippen LogP contribution in [0, 0.1) is 18.8 Å². The number of carbonyl (C=O) groups excluding carboxylic acids is 4. The standard InChI is InChI=1S/C54H55N9O7S/c1-31(25-33-19-22-62(23-20-33)29-48(65)55-36-13-14-39-43(27-36)61(3)60-49(39)40-16-18-47(64)58-52(40)67)30-70-44-26-35(12-11-32(44)2)37-15-17-46(57-50(37)53(68)69)63-24-21-34-7-6-8-38(41(34)28-63)51(66)59-54-56-42-9-4-5-10-45(42)71-54/h4-15,17,26-27,31,33,40H,16,18-25,28-30H2,1-3H3,(H,55,65)(H,68,69)(H,56,59,66)(H,58,64,67)/t31-,40-/m1/s1. The van der Waals surface area contributed by atoms with Crippen molar-refractivity contribution in [2.75, 3.05) is 48.3 Å². The summed E-state index contributed by atoms with van der Waals surface area (Å²) >= 11 is 1.43. The van der Waals surface area contributed by atoms with Crippen LogP contribution in [0.2, 0.25) is 0 Å². The number of aromatic nitrogens is 4. The number of aromatic carboxylic acids is 1. The molecule has 3 aromatic heterocycles. The van der Waals surface area contributed by atoms with Crippen LogP contribution in [-0.4, -0.2) is 92.1 Å². The lowest BCUT2D eigenvalue weighted by atomic mass is 9.88. The van der Waals surface area contributed by atoms with E-state index in [9.17, 15) is 29.1 Å². The fourth-order valence-electron chi connectivity index (χ4n) is 10.3. The van der Waals surface area contributed by atoms with Gasteiger partial charge in [0.05, 0.1) is 40.5 Å². The molecule has 0 radical (unpaired) electrons. The molecule has 4 aromatic carbocycles. The first-order valence-electron chi connectivity index (χ1n) is 24.2. The van der Waals surface area contributed by atoms with Gasteiger partial charge in [-0.05, 0) is 141 Å². The maximum Gasteiger partial charge on any atom is 0.355 e. The number of amides is 4. The molecule has 10 rings (SSSR count). The Kier molecular flexibility index (Phi) is 13.3. The number of pyridine rings is 1. The van der Waals surface area contributed by atoms with Crippen LogP contribution in [0.1, 0.15) is 88.2 Å². The van der Waals surface area contributed by atoms with Gasteiger partial charge in [0.1, 0.15) is 11.6 Å². The van der Waals surface area contributed by atoms with E-state index >= 15 is 0 Å². The fourth-order valence-corrected chi connectivity index (χ4v) is 11.1. The summed E-state index contributed by atoms with van der Waals surface area (Å²) in [6.07, 6.45) is 4.29. The Morgan fingerprint density at radius 2 is 1.75 bits per heavy atom. The molecular formula is C54H55N9O7S. The van der Waals surface area contributed by atoms with E-state index in [4.69, 9.17) is 9.72 Å². The van der Waals surface area contributed by atoms with Gasteiger partial charge >= 0.3 is 5.97 Å². The molecule has 364 valence electrons. The van der Waals surface area contributed by atoms with Gasteiger partial charge in [-0.25, -0.2) is 14.8 Å². The van der Waals surface area contributed by atoms with Gasteiger partial charge in [-0.15, -0.1) is 0 Å². The summed E-state index contributed by atoms with van der Waals surface area (Å²) in [4.78, 5) is 77.4. The number of carbonyl (C=O) groups is 5. The SMILES string of the molecule is Cc1ccc(-c2ccc(N3CCc4cccc(C(=O)Nc5nc6ccccc6s5)c4C3)nc2C(=O)O)cc1OC[C@H](C)CC1CCN(CC(=O)Nc2ccc3c([C@H]4CCC(=O)NC4=O)nn(C)c3c2)CC1. The summed E-state index contributed by atoms with van der Waals surface area (Å²) in [6.45, 7) is 7.60. The minimum Gasteiger partial charge on any atom is -0.493 e. The van der Waals surface area contributed by atoms with Crippen molar-refractivity contribution in [3.05, 3.63) is 125 Å². The van der Waals surface area contributed by atoms with Crippen LogP contribution in [-0.2, 0) is 34.4 Å². The Morgan fingerprint density at radius 1 is 0.915 bits per heavy atom. The molecule has 0 bridgehead atoms. The van der Waals surface area contributed by atoms with Crippen LogP contribution in [0.3, 0.4) is 0 Å². The Hall–Kier alpha value is -7.50. The number of hydrogen-bond donors (Lipinski definition) is 4. The number of carboxylic acids is 1. The smallest absolute Gasteiger partial charge is 0.355 e. The number of para-hydroxylation sites is 1. The normalized spacial score (nSPS) is 16.9. The van der Waals surface area contributed by atoms with Crippen LogP contribution in [0.5, 0.6) is 5.75 Å². The van der Waals surface area contributed by atoms with E-state index in [1.54, 1.807) is 11.7 Å². The predicted octanol–water partition coefficient (Wildman–Crippen LogP) is 8.34. The molecule has 17 heteroatoms. The minimum atomic E-state index is -1.13. The number of imide groups is 1. The molecule has 4 N–H and O–H groups in total. The van der Waals surface area contributed by atoms with Gasteiger partial charge in [0.2, 0.25) is 17.7 Å². The number of thiazole rings is 1. The maximum atomic E-state index is 13.6. The highest BCUT2D eigenvalue weighted by Crippen LogP contribution is 2.35. The minimum absolute atomic E-state index is 0.0598. The molecule has 71 heavy (non-hydrogen) atoms. The van der Waals surface area contributed by atoms with Gasteiger partial charge in [-0.3, -0.25) is 39.4 Å². The van der Waals surface area contributed by atoms with Gasteiger partial charge in [-0.1, -0.05) is 54.7 Å². The quantitative estimate of drug-likeness (QED) is 0.0761. The first-order valence-corrected chi connectivity index (χ1v) is 25.0. The summed E-state index contributed by atoms with van der Waals surface area (Å²) < 4.78 is 9.13. The second-order valence-corrected chi connectivity index (χ2v) is 20.1. The van der Waals surface area contributed by atoms with E-state index in [0.717, 1.165) is 70.2 Å². The fraction of sp³-hybridized carbons (Fsp3) is 0.333. The molecule has 0 spiro atoms. The summed E-state index contributed by atoms with van der Waals surface area (Å²) in [7, 11) is 1.81. The van der Waals surface area contributed by atoms with Crippen LogP contribution in [0.25, 0.3) is 32.2 Å². The zero-order valence-electron chi connectivity index (χ0n) is 39.9. The van der Waals surface area contributed by atoms with Crippen molar-refractivity contribution in [2.24, 2.45) is 18.9 Å². The molecule has 16 nitrogen and oxygen atoms in total. The number of rotatable bonds is 14. The second-order valence-electron chi connectivity index (χ2n) is 19.1. The van der Waals surface area contributed by atoms with Crippen LogP contribution in [0.15, 0.2) is 91.0 Å². The molecule has 4 amide bonds. The van der Waals surface area contributed by atoms with Gasteiger partial charge in [0, 0.05) is 48.8 Å². The van der Waals surface area contributed by atoms with E-state index in [1.807, 2.05) is 103 Å². The molecule has 0 saturated carbocycles. The second kappa shape index (κ2) is 20.1. The zero-order chi connectivity index (χ0) is 49.3. The number of ether oxygens (including phenoxy) is 1. The van der Waals surface area contributed by atoms with Crippen molar-refractivity contribution in [1.29, 1.82) is 0 Å². The average molecular weight is 974 g/mol. The molecule has 7 aromatic rings. The third-order valence-electron chi connectivity index (χ3n) is 14.0. The number of hydrogen-bond acceptors (Lipinski definition) is 12. The van der Waals surface area contributed by atoms with Gasteiger partial charge < -0.3 is 20.1 Å². The lowest BCUT2D eigenvalue weighted by molar-refractivity contribution is -0.134.